The van der Waals surface area contributed by atoms with E-state index < -0.39 is 0 Å². The molecule has 0 radical (unpaired) electrons. The summed E-state index contributed by atoms with van der Waals surface area (Å²) in [6.07, 6.45) is 0.314. The van der Waals surface area contributed by atoms with E-state index >= 15 is 0 Å². The van der Waals surface area contributed by atoms with Gasteiger partial charge in [0.1, 0.15) is 12.4 Å². The van der Waals surface area contributed by atoms with E-state index in [0.717, 1.165) is 16.3 Å². The first-order valence-electron chi connectivity index (χ1n) is 9.21. The maximum absolute atomic E-state index is 12.6. The van der Waals surface area contributed by atoms with E-state index in [-0.39, 0.29) is 24.7 Å². The Labute approximate surface area is 169 Å². The van der Waals surface area contributed by atoms with Crippen LogP contribution in [-0.4, -0.2) is 44.4 Å². The van der Waals surface area contributed by atoms with Gasteiger partial charge in [-0.15, -0.1) is 11.8 Å². The van der Waals surface area contributed by atoms with Crippen LogP contribution in [0.3, 0.4) is 0 Å². The van der Waals surface area contributed by atoms with Gasteiger partial charge in [0.05, 0.1) is 12.3 Å². The first kappa shape index (κ1) is 20.2. The van der Waals surface area contributed by atoms with Crippen molar-refractivity contribution in [1.29, 1.82) is 0 Å². The van der Waals surface area contributed by atoms with E-state index in [0.29, 0.717) is 31.2 Å². The van der Waals surface area contributed by atoms with Crippen LogP contribution in [0.5, 0.6) is 5.75 Å². The molecule has 0 fully saturated rings. The lowest BCUT2D eigenvalue weighted by Crippen LogP contribution is -2.35. The monoisotopic (exact) mass is 400 g/mol. The zero-order valence-electron chi connectivity index (χ0n) is 15.8. The number of ether oxygens (including phenoxy) is 2. The fourth-order valence-electron chi connectivity index (χ4n) is 2.91. The van der Waals surface area contributed by atoms with Gasteiger partial charge < -0.3 is 19.7 Å². The van der Waals surface area contributed by atoms with E-state index in [2.05, 4.69) is 5.32 Å². The van der Waals surface area contributed by atoms with Crippen molar-refractivity contribution in [2.24, 2.45) is 0 Å². The molecular weight excluding hydrogens is 376 g/mol. The highest BCUT2D eigenvalue weighted by molar-refractivity contribution is 7.99. The number of para-hydroxylation sites is 1. The normalized spacial score (nSPS) is 13.0. The molecule has 1 aliphatic rings. The summed E-state index contributed by atoms with van der Waals surface area (Å²) in [4.78, 5) is 27.8. The van der Waals surface area contributed by atoms with Crippen molar-refractivity contribution in [1.82, 2.24) is 0 Å². The molecule has 2 aromatic rings. The fourth-order valence-corrected chi connectivity index (χ4v) is 3.91. The number of benzene rings is 2. The van der Waals surface area contributed by atoms with Crippen LogP contribution in [0.2, 0.25) is 0 Å². The molecule has 1 N–H and O–H groups in total. The second-order valence-corrected chi connectivity index (χ2v) is 7.42. The molecule has 0 aliphatic carbocycles. The summed E-state index contributed by atoms with van der Waals surface area (Å²) >= 11 is 1.75. The molecule has 0 saturated heterocycles. The second-order valence-electron chi connectivity index (χ2n) is 6.28. The van der Waals surface area contributed by atoms with Crippen LogP contribution in [0, 0.1) is 0 Å². The first-order valence-corrected chi connectivity index (χ1v) is 10.2. The summed E-state index contributed by atoms with van der Waals surface area (Å²) < 4.78 is 10.5. The van der Waals surface area contributed by atoms with Gasteiger partial charge in [-0.05, 0) is 24.3 Å². The molecule has 0 spiro atoms. The lowest BCUT2D eigenvalue weighted by Gasteiger charge is -2.29. The molecule has 3 rings (SSSR count). The predicted molar refractivity (Wildman–Crippen MR) is 111 cm³/mol. The SMILES string of the molecule is COCCOc1cccc(NC(=O)CCC(=O)N2CCSc3ccccc32)c1. The van der Waals surface area contributed by atoms with Crippen LogP contribution in [0.15, 0.2) is 53.4 Å². The van der Waals surface area contributed by atoms with E-state index in [1.54, 1.807) is 35.9 Å². The van der Waals surface area contributed by atoms with Crippen molar-refractivity contribution < 1.29 is 19.1 Å². The van der Waals surface area contributed by atoms with Gasteiger partial charge in [0.2, 0.25) is 11.8 Å². The second kappa shape index (κ2) is 10.1. The number of amides is 2. The quantitative estimate of drug-likeness (QED) is 0.686. The molecule has 0 atom stereocenters. The minimum absolute atomic E-state index is 0.0282. The molecule has 0 bridgehead atoms. The van der Waals surface area contributed by atoms with Gasteiger partial charge in [-0.2, -0.15) is 0 Å². The number of hydrogen-bond acceptors (Lipinski definition) is 5. The van der Waals surface area contributed by atoms with Crippen LogP contribution >= 0.6 is 11.8 Å². The lowest BCUT2D eigenvalue weighted by atomic mass is 10.2. The number of rotatable bonds is 8. The Hall–Kier alpha value is -2.51. The first-order chi connectivity index (χ1) is 13.7. The number of nitrogens with one attached hydrogen (secondary N) is 1. The predicted octanol–water partition coefficient (Wildman–Crippen LogP) is 3.57. The van der Waals surface area contributed by atoms with Gasteiger partial charge in [0.25, 0.3) is 0 Å². The highest BCUT2D eigenvalue weighted by Crippen LogP contribution is 2.34. The molecule has 1 aliphatic heterocycles. The average Bonchev–Trinajstić information content (AvgIpc) is 2.72. The summed E-state index contributed by atoms with van der Waals surface area (Å²) in [6, 6.07) is 15.1. The van der Waals surface area contributed by atoms with E-state index in [9.17, 15) is 9.59 Å². The third-order valence-electron chi connectivity index (χ3n) is 4.27. The van der Waals surface area contributed by atoms with Gasteiger partial charge in [0, 0.05) is 48.9 Å². The largest absolute Gasteiger partial charge is 0.491 e. The molecule has 2 aromatic carbocycles. The number of thioether (sulfide) groups is 1. The van der Waals surface area contributed by atoms with Crippen molar-refractivity contribution in [2.75, 3.05) is 42.8 Å². The number of hydrogen-bond donors (Lipinski definition) is 1. The third kappa shape index (κ3) is 5.50. The Kier molecular flexibility index (Phi) is 7.33. The number of fused-ring (bicyclic) bond motifs is 1. The summed E-state index contributed by atoms with van der Waals surface area (Å²) in [5.74, 6) is 1.31. The highest BCUT2D eigenvalue weighted by Gasteiger charge is 2.22. The zero-order chi connectivity index (χ0) is 19.8. The smallest absolute Gasteiger partial charge is 0.227 e. The minimum atomic E-state index is -0.193. The molecule has 28 heavy (non-hydrogen) atoms. The van der Waals surface area contributed by atoms with Crippen LogP contribution in [0.1, 0.15) is 12.8 Å². The molecule has 0 unspecified atom stereocenters. The van der Waals surface area contributed by atoms with Gasteiger partial charge in [0.15, 0.2) is 0 Å². The maximum atomic E-state index is 12.6. The van der Waals surface area contributed by atoms with Crippen LogP contribution in [-0.2, 0) is 14.3 Å². The van der Waals surface area contributed by atoms with Crippen molar-refractivity contribution in [3.05, 3.63) is 48.5 Å². The van der Waals surface area contributed by atoms with Crippen LogP contribution in [0.25, 0.3) is 0 Å². The highest BCUT2D eigenvalue weighted by atomic mass is 32.2. The summed E-state index contributed by atoms with van der Waals surface area (Å²) in [5, 5.41) is 2.83. The van der Waals surface area contributed by atoms with Crippen molar-refractivity contribution >= 4 is 35.0 Å². The molecule has 1 heterocycles. The number of anilines is 2. The standard InChI is InChI=1S/C21H24N2O4S/c1-26-12-13-27-17-6-4-5-16(15-17)22-20(24)9-10-21(25)23-11-14-28-19-8-3-2-7-18(19)23/h2-8,15H,9-14H2,1H3,(H,22,24). The van der Waals surface area contributed by atoms with Gasteiger partial charge in [-0.3, -0.25) is 9.59 Å². The summed E-state index contributed by atoms with van der Waals surface area (Å²) in [6.45, 7) is 1.61. The van der Waals surface area contributed by atoms with E-state index in [1.807, 2.05) is 36.4 Å². The summed E-state index contributed by atoms with van der Waals surface area (Å²) in [7, 11) is 1.61. The van der Waals surface area contributed by atoms with Crippen LogP contribution in [0.4, 0.5) is 11.4 Å². The topological polar surface area (TPSA) is 67.9 Å². The van der Waals surface area contributed by atoms with Crippen molar-refractivity contribution in [3.8, 4) is 5.75 Å². The van der Waals surface area contributed by atoms with Crippen LogP contribution < -0.4 is 15.0 Å². The number of methoxy groups -OCH3 is 1. The molecule has 0 aromatic heterocycles. The number of carbonyl (C=O) groups is 2. The van der Waals surface area contributed by atoms with E-state index in [1.165, 1.54) is 0 Å². The fraction of sp³-hybridized carbons (Fsp3) is 0.333. The van der Waals surface area contributed by atoms with E-state index in [4.69, 9.17) is 9.47 Å². The summed E-state index contributed by atoms with van der Waals surface area (Å²) in [5.41, 5.74) is 1.58. The third-order valence-corrected chi connectivity index (χ3v) is 5.31. The minimum Gasteiger partial charge on any atom is -0.491 e. The zero-order valence-corrected chi connectivity index (χ0v) is 16.7. The molecule has 148 valence electrons. The van der Waals surface area contributed by atoms with Gasteiger partial charge in [-0.25, -0.2) is 0 Å². The molecule has 6 nitrogen and oxygen atoms in total. The molecule has 2 amide bonds. The Morgan fingerprint density at radius 3 is 2.82 bits per heavy atom. The lowest BCUT2D eigenvalue weighted by molar-refractivity contribution is -0.122. The molecule has 0 saturated carbocycles. The van der Waals surface area contributed by atoms with Crippen molar-refractivity contribution in [3.63, 3.8) is 0 Å². The number of carbonyl (C=O) groups excluding carboxylic acids is 2. The number of nitrogens with zero attached hydrogens (tertiary/aromatic N) is 1. The average molecular weight is 401 g/mol. The molecular formula is C21H24N2O4S. The van der Waals surface area contributed by atoms with Crippen molar-refractivity contribution in [2.45, 2.75) is 17.7 Å². The Morgan fingerprint density at radius 2 is 1.96 bits per heavy atom. The maximum Gasteiger partial charge on any atom is 0.227 e. The Bertz CT molecular complexity index is 828. The van der Waals surface area contributed by atoms with Gasteiger partial charge in [-0.1, -0.05) is 18.2 Å². The Morgan fingerprint density at radius 1 is 1.11 bits per heavy atom. The van der Waals surface area contributed by atoms with Gasteiger partial charge >= 0.3 is 0 Å². The molecule has 7 heteroatoms. The Balaban J connectivity index is 1.51.